The van der Waals surface area contributed by atoms with Gasteiger partial charge in [-0.1, -0.05) is 18.2 Å². The molecule has 2 bridgehead atoms. The molecule has 0 unspecified atom stereocenters. The molecular weight excluding hydrogens is 481 g/mol. The number of rotatable bonds is 9. The minimum atomic E-state index is -0.963. The van der Waals surface area contributed by atoms with E-state index in [1.54, 1.807) is 13.3 Å². The Kier molecular flexibility index (Phi) is 5.72. The summed E-state index contributed by atoms with van der Waals surface area (Å²) in [7, 11) is 7.75. The Balaban J connectivity index is 1.30. The molecule has 38 heavy (non-hydrogen) atoms. The monoisotopic (exact) mass is 515 g/mol. The van der Waals surface area contributed by atoms with Gasteiger partial charge < -0.3 is 30.2 Å². The largest absolute Gasteiger partial charge is 0.494 e. The van der Waals surface area contributed by atoms with Crippen molar-refractivity contribution in [2.24, 2.45) is 0 Å². The average Bonchev–Trinajstić information content (AvgIpc) is 3.25. The van der Waals surface area contributed by atoms with E-state index in [1.807, 2.05) is 51.5 Å². The van der Waals surface area contributed by atoms with Gasteiger partial charge in [-0.25, -0.2) is 14.4 Å². The van der Waals surface area contributed by atoms with E-state index in [1.165, 1.54) is 0 Å². The summed E-state index contributed by atoms with van der Waals surface area (Å²) in [5.74, 6) is 1.10. The molecule has 3 saturated carbocycles. The molecule has 0 saturated heterocycles. The molecule has 2 aromatic heterocycles. The van der Waals surface area contributed by atoms with Crippen LogP contribution in [-0.2, 0) is 5.54 Å². The summed E-state index contributed by atoms with van der Waals surface area (Å²) in [6.45, 7) is 1.74. The summed E-state index contributed by atoms with van der Waals surface area (Å²) >= 11 is 0. The van der Waals surface area contributed by atoms with E-state index in [0.717, 1.165) is 40.9 Å². The number of alkyl halides is 1. The first-order chi connectivity index (χ1) is 18.2. The van der Waals surface area contributed by atoms with E-state index in [2.05, 4.69) is 43.0 Å². The lowest BCUT2D eigenvalue weighted by molar-refractivity contribution is -0.196. The molecule has 7 rings (SSSR count). The van der Waals surface area contributed by atoms with Gasteiger partial charge >= 0.3 is 0 Å². The van der Waals surface area contributed by atoms with Gasteiger partial charge in [-0.2, -0.15) is 0 Å². The van der Waals surface area contributed by atoms with Crippen LogP contribution in [0.3, 0.4) is 0 Å². The Hall–Kier alpha value is -3.85. The maximum absolute atomic E-state index is 14.4. The fourth-order valence-electron chi connectivity index (χ4n) is 5.99. The molecule has 0 atom stereocenters. The van der Waals surface area contributed by atoms with Crippen LogP contribution >= 0.6 is 0 Å². The highest BCUT2D eigenvalue weighted by Crippen LogP contribution is 2.68. The summed E-state index contributed by atoms with van der Waals surface area (Å²) in [4.78, 5) is 13.6. The van der Waals surface area contributed by atoms with Gasteiger partial charge in [0.15, 0.2) is 0 Å². The van der Waals surface area contributed by atoms with Crippen LogP contribution in [0.4, 0.5) is 27.4 Å². The Labute approximate surface area is 222 Å². The van der Waals surface area contributed by atoms with E-state index in [4.69, 9.17) is 15.5 Å². The molecule has 2 heterocycles. The number of fused-ring (bicyclic) bond motifs is 1. The average molecular weight is 516 g/mol. The zero-order chi connectivity index (χ0) is 26.7. The molecule has 8 nitrogen and oxygen atoms in total. The third-order valence-corrected chi connectivity index (χ3v) is 7.98. The Morgan fingerprint density at radius 2 is 1.87 bits per heavy atom. The normalized spacial score (nSPS) is 21.7. The lowest BCUT2D eigenvalue weighted by Crippen LogP contribution is -2.69. The van der Waals surface area contributed by atoms with E-state index < -0.39 is 5.67 Å². The maximum Gasteiger partial charge on any atom is 0.227 e. The Morgan fingerprint density at radius 3 is 2.58 bits per heavy atom. The lowest BCUT2D eigenvalue weighted by atomic mass is 9.47. The predicted molar refractivity (Wildman–Crippen MR) is 151 cm³/mol. The van der Waals surface area contributed by atoms with Crippen LogP contribution in [0.15, 0.2) is 54.9 Å². The Morgan fingerprint density at radius 1 is 1.11 bits per heavy atom. The quantitative estimate of drug-likeness (QED) is 0.303. The van der Waals surface area contributed by atoms with Crippen LogP contribution in [0.2, 0.25) is 0 Å². The molecule has 3 N–H and O–H groups in total. The van der Waals surface area contributed by atoms with Crippen molar-refractivity contribution in [1.82, 2.24) is 19.4 Å². The number of aromatic nitrogens is 3. The van der Waals surface area contributed by atoms with Crippen LogP contribution in [0.25, 0.3) is 22.2 Å². The van der Waals surface area contributed by atoms with Gasteiger partial charge in [-0.3, -0.25) is 0 Å². The van der Waals surface area contributed by atoms with Gasteiger partial charge in [0, 0.05) is 74.3 Å². The SMILES string of the molecule is COc1cc(N(C)CCN(C)C)c(N)cc1Nc1nccc(-c2cn(C34CC(F)(C3)C4)c3ccccc23)n1. The number of halogens is 1. The first-order valence-corrected chi connectivity index (χ1v) is 12.9. The van der Waals surface area contributed by atoms with Gasteiger partial charge in [0.1, 0.15) is 11.4 Å². The predicted octanol–water partition coefficient (Wildman–Crippen LogP) is 5.03. The molecule has 0 amide bonds. The fourth-order valence-corrected chi connectivity index (χ4v) is 5.99. The van der Waals surface area contributed by atoms with Crippen LogP contribution in [0.1, 0.15) is 19.3 Å². The number of hydrogen-bond acceptors (Lipinski definition) is 7. The summed E-state index contributed by atoms with van der Waals surface area (Å²) in [5, 5.41) is 4.40. The second kappa shape index (κ2) is 8.87. The van der Waals surface area contributed by atoms with E-state index in [-0.39, 0.29) is 5.54 Å². The van der Waals surface area contributed by atoms with Crippen molar-refractivity contribution in [2.45, 2.75) is 30.5 Å². The number of hydrogen-bond donors (Lipinski definition) is 2. The van der Waals surface area contributed by atoms with Crippen molar-refractivity contribution < 1.29 is 9.13 Å². The first-order valence-electron chi connectivity index (χ1n) is 12.9. The van der Waals surface area contributed by atoms with Gasteiger partial charge in [-0.15, -0.1) is 0 Å². The summed E-state index contributed by atoms with van der Waals surface area (Å²) < 4.78 is 22.3. The number of anilines is 4. The van der Waals surface area contributed by atoms with Crippen molar-refractivity contribution in [3.05, 3.63) is 54.9 Å². The topological polar surface area (TPSA) is 84.5 Å². The van der Waals surface area contributed by atoms with Crippen molar-refractivity contribution >= 4 is 33.9 Å². The zero-order valence-electron chi connectivity index (χ0n) is 22.3. The highest BCUT2D eigenvalue weighted by molar-refractivity contribution is 5.95. The maximum atomic E-state index is 14.4. The van der Waals surface area contributed by atoms with Crippen LogP contribution in [0.5, 0.6) is 5.75 Å². The summed E-state index contributed by atoms with van der Waals surface area (Å²) in [6.07, 6.45) is 5.66. The summed E-state index contributed by atoms with van der Waals surface area (Å²) in [6, 6.07) is 14.0. The van der Waals surface area contributed by atoms with Crippen molar-refractivity contribution in [1.29, 1.82) is 0 Å². The van der Waals surface area contributed by atoms with Gasteiger partial charge in [0.05, 0.1) is 35.4 Å². The third-order valence-electron chi connectivity index (χ3n) is 7.98. The molecule has 2 aromatic carbocycles. The third kappa shape index (κ3) is 4.01. The van der Waals surface area contributed by atoms with Crippen LogP contribution in [0, 0.1) is 0 Å². The molecule has 4 aromatic rings. The standard InChI is InChI=1S/C29H34FN7O/c1-35(2)11-12-36(3)25-14-26(38-4)23(13-21(25)31)34-27-32-10-9-22(33-27)20-15-37(24-8-6-5-7-19(20)24)29-16-28(30,17-29)18-29/h5-10,13-15H,11-12,16-18,31H2,1-4H3,(H,32,33,34). The molecule has 3 aliphatic rings. The minimum Gasteiger partial charge on any atom is -0.494 e. The number of para-hydroxylation sites is 1. The molecule has 0 radical (unpaired) electrons. The number of likely N-dealkylation sites (N-methyl/N-ethyl adjacent to an activating group) is 2. The zero-order valence-corrected chi connectivity index (χ0v) is 22.3. The molecule has 198 valence electrons. The van der Waals surface area contributed by atoms with Crippen molar-refractivity contribution in [3.63, 3.8) is 0 Å². The van der Waals surface area contributed by atoms with Gasteiger partial charge in [0.25, 0.3) is 0 Å². The first kappa shape index (κ1) is 24.5. The molecule has 3 aliphatic carbocycles. The number of methoxy groups -OCH3 is 1. The van der Waals surface area contributed by atoms with Crippen LogP contribution in [-0.4, -0.2) is 66.4 Å². The van der Waals surface area contributed by atoms with Crippen molar-refractivity contribution in [3.8, 4) is 17.0 Å². The smallest absolute Gasteiger partial charge is 0.227 e. The number of nitrogen functional groups attached to an aromatic ring is 1. The molecular formula is C29H34FN7O. The highest BCUT2D eigenvalue weighted by Gasteiger charge is 2.70. The van der Waals surface area contributed by atoms with Crippen LogP contribution < -0.4 is 20.7 Å². The number of benzene rings is 2. The minimum absolute atomic E-state index is 0.104. The van der Waals surface area contributed by atoms with E-state index in [0.29, 0.717) is 42.3 Å². The fraction of sp³-hybridized carbons (Fsp3) is 0.379. The van der Waals surface area contributed by atoms with Gasteiger partial charge in [0.2, 0.25) is 5.95 Å². The van der Waals surface area contributed by atoms with E-state index in [9.17, 15) is 4.39 Å². The van der Waals surface area contributed by atoms with E-state index >= 15 is 0 Å². The summed E-state index contributed by atoms with van der Waals surface area (Å²) in [5.41, 5.74) is 10.5. The number of ether oxygens (including phenoxy) is 1. The lowest BCUT2D eigenvalue weighted by Gasteiger charge is -2.66. The second-order valence-corrected chi connectivity index (χ2v) is 11.1. The second-order valence-electron chi connectivity index (χ2n) is 11.1. The molecule has 0 spiro atoms. The Bertz CT molecular complexity index is 1490. The highest BCUT2D eigenvalue weighted by atomic mass is 19.1. The van der Waals surface area contributed by atoms with Gasteiger partial charge in [-0.05, 0) is 32.3 Å². The van der Waals surface area contributed by atoms with Crippen molar-refractivity contribution in [2.75, 3.05) is 57.3 Å². The molecule has 9 heteroatoms. The number of nitrogens with two attached hydrogens (primary N) is 1. The molecule has 3 fully saturated rings. The molecule has 0 aliphatic heterocycles. The number of nitrogens with zero attached hydrogens (tertiary/aromatic N) is 5. The number of nitrogens with one attached hydrogen (secondary N) is 1.